The quantitative estimate of drug-likeness (QED) is 0.517. The average molecular weight is 407 g/mol. The number of carbonyl (C=O) groups excluding carboxylic acids is 1. The SMILES string of the molecule is COc1ccc(C(C)NC(=O)Cn2nc(C)c3c(-c4cccs4)ccnc32)cc1. The van der Waals surface area contributed by atoms with Gasteiger partial charge in [0.15, 0.2) is 5.65 Å². The number of aryl methyl sites for hydroxylation is 1. The van der Waals surface area contributed by atoms with Gasteiger partial charge in [-0.25, -0.2) is 9.67 Å². The summed E-state index contributed by atoms with van der Waals surface area (Å²) in [4.78, 5) is 18.3. The number of carbonyl (C=O) groups is 1. The number of nitrogens with zero attached hydrogens (tertiary/aromatic N) is 3. The van der Waals surface area contributed by atoms with Crippen molar-refractivity contribution in [3.05, 3.63) is 65.3 Å². The number of rotatable bonds is 6. The Balaban J connectivity index is 1.54. The van der Waals surface area contributed by atoms with E-state index in [1.54, 1.807) is 29.3 Å². The van der Waals surface area contributed by atoms with Gasteiger partial charge in [0.2, 0.25) is 5.91 Å². The van der Waals surface area contributed by atoms with Gasteiger partial charge in [0.25, 0.3) is 0 Å². The lowest BCUT2D eigenvalue weighted by atomic mass is 10.1. The van der Waals surface area contributed by atoms with E-state index in [4.69, 9.17) is 4.74 Å². The Kier molecular flexibility index (Phi) is 5.31. The summed E-state index contributed by atoms with van der Waals surface area (Å²) in [5, 5.41) is 10.7. The Morgan fingerprint density at radius 3 is 2.72 bits per heavy atom. The molecule has 3 aromatic heterocycles. The Bertz CT molecular complexity index is 1130. The van der Waals surface area contributed by atoms with E-state index in [9.17, 15) is 4.79 Å². The number of benzene rings is 1. The maximum absolute atomic E-state index is 12.7. The molecular formula is C22H22N4O2S. The summed E-state index contributed by atoms with van der Waals surface area (Å²) >= 11 is 1.68. The number of nitrogens with one attached hydrogen (secondary N) is 1. The van der Waals surface area contributed by atoms with E-state index >= 15 is 0 Å². The van der Waals surface area contributed by atoms with Gasteiger partial charge in [-0.1, -0.05) is 18.2 Å². The molecule has 0 aliphatic carbocycles. The highest BCUT2D eigenvalue weighted by atomic mass is 32.1. The highest BCUT2D eigenvalue weighted by Crippen LogP contribution is 2.32. The standard InChI is InChI=1S/C22H22N4O2S/c1-14(16-6-8-17(28-3)9-7-16)24-20(27)13-26-22-21(15(2)25-26)18(10-11-23-22)19-5-4-12-29-19/h4-12,14H,13H2,1-3H3,(H,24,27). The molecule has 1 aromatic carbocycles. The molecule has 0 radical (unpaired) electrons. The molecule has 7 heteroatoms. The van der Waals surface area contributed by atoms with Crippen LogP contribution >= 0.6 is 11.3 Å². The molecule has 1 atom stereocenters. The van der Waals surface area contributed by atoms with Crippen molar-refractivity contribution in [2.24, 2.45) is 0 Å². The zero-order valence-corrected chi connectivity index (χ0v) is 17.4. The lowest BCUT2D eigenvalue weighted by Gasteiger charge is -2.15. The largest absolute Gasteiger partial charge is 0.497 e. The number of fused-ring (bicyclic) bond motifs is 1. The van der Waals surface area contributed by atoms with Crippen LogP contribution < -0.4 is 10.1 Å². The van der Waals surface area contributed by atoms with Crippen LogP contribution in [0.25, 0.3) is 21.5 Å². The number of hydrogen-bond acceptors (Lipinski definition) is 5. The Morgan fingerprint density at radius 2 is 2.03 bits per heavy atom. The van der Waals surface area contributed by atoms with Crippen LogP contribution in [0.15, 0.2) is 54.0 Å². The highest BCUT2D eigenvalue weighted by Gasteiger charge is 2.17. The lowest BCUT2D eigenvalue weighted by molar-refractivity contribution is -0.122. The van der Waals surface area contributed by atoms with E-state index in [2.05, 4.69) is 26.8 Å². The first-order valence-corrected chi connectivity index (χ1v) is 10.2. The highest BCUT2D eigenvalue weighted by molar-refractivity contribution is 7.13. The number of pyridine rings is 1. The zero-order chi connectivity index (χ0) is 20.4. The van der Waals surface area contributed by atoms with Crippen molar-refractivity contribution in [3.63, 3.8) is 0 Å². The van der Waals surface area contributed by atoms with E-state index in [1.807, 2.05) is 50.2 Å². The molecule has 4 rings (SSSR count). The monoisotopic (exact) mass is 406 g/mol. The van der Waals surface area contributed by atoms with Crippen LogP contribution in [0.4, 0.5) is 0 Å². The topological polar surface area (TPSA) is 69.0 Å². The molecule has 4 aromatic rings. The minimum absolute atomic E-state index is 0.110. The van der Waals surface area contributed by atoms with Gasteiger partial charge in [-0.3, -0.25) is 4.79 Å². The molecule has 0 aliphatic heterocycles. The molecule has 3 heterocycles. The average Bonchev–Trinajstić information content (AvgIpc) is 3.37. The maximum Gasteiger partial charge on any atom is 0.242 e. The van der Waals surface area contributed by atoms with Gasteiger partial charge in [0.05, 0.1) is 24.2 Å². The van der Waals surface area contributed by atoms with Gasteiger partial charge < -0.3 is 10.1 Å². The van der Waals surface area contributed by atoms with Gasteiger partial charge in [0, 0.05) is 16.6 Å². The van der Waals surface area contributed by atoms with Gasteiger partial charge in [-0.15, -0.1) is 11.3 Å². The molecule has 148 valence electrons. The van der Waals surface area contributed by atoms with Crippen molar-refractivity contribution in [1.29, 1.82) is 0 Å². The second kappa shape index (κ2) is 8.05. The molecule has 6 nitrogen and oxygen atoms in total. The predicted molar refractivity (Wildman–Crippen MR) is 115 cm³/mol. The fourth-order valence-corrected chi connectivity index (χ4v) is 4.19. The summed E-state index contributed by atoms with van der Waals surface area (Å²) in [6, 6.07) is 13.7. The van der Waals surface area contributed by atoms with Crippen LogP contribution in [0.2, 0.25) is 0 Å². The normalized spacial score (nSPS) is 12.1. The summed E-state index contributed by atoms with van der Waals surface area (Å²) in [5.74, 6) is 0.680. The number of ether oxygens (including phenoxy) is 1. The van der Waals surface area contributed by atoms with Crippen molar-refractivity contribution >= 4 is 28.3 Å². The first-order chi connectivity index (χ1) is 14.1. The van der Waals surface area contributed by atoms with Gasteiger partial charge in [0.1, 0.15) is 12.3 Å². The molecular weight excluding hydrogens is 384 g/mol. The second-order valence-corrected chi connectivity index (χ2v) is 7.79. The Hall–Kier alpha value is -3.19. The van der Waals surface area contributed by atoms with Crippen molar-refractivity contribution in [1.82, 2.24) is 20.1 Å². The van der Waals surface area contributed by atoms with E-state index in [0.29, 0.717) is 0 Å². The molecule has 0 spiro atoms. The van der Waals surface area contributed by atoms with Gasteiger partial charge >= 0.3 is 0 Å². The zero-order valence-electron chi connectivity index (χ0n) is 16.5. The van der Waals surface area contributed by atoms with E-state index < -0.39 is 0 Å². The van der Waals surface area contributed by atoms with Crippen LogP contribution in [0, 0.1) is 6.92 Å². The first kappa shape index (κ1) is 19.1. The minimum Gasteiger partial charge on any atom is -0.497 e. The molecule has 1 amide bonds. The third kappa shape index (κ3) is 3.86. The predicted octanol–water partition coefficient (Wildman–Crippen LogP) is 4.35. The molecule has 0 bridgehead atoms. The van der Waals surface area contributed by atoms with Gasteiger partial charge in [-0.2, -0.15) is 5.10 Å². The van der Waals surface area contributed by atoms with E-state index in [0.717, 1.165) is 38.5 Å². The van der Waals surface area contributed by atoms with Gasteiger partial charge in [-0.05, 0) is 49.1 Å². The molecule has 0 saturated carbocycles. The lowest BCUT2D eigenvalue weighted by Crippen LogP contribution is -2.30. The third-order valence-electron chi connectivity index (χ3n) is 4.88. The smallest absolute Gasteiger partial charge is 0.242 e. The Labute approximate surface area is 173 Å². The van der Waals surface area contributed by atoms with E-state index in [-0.39, 0.29) is 18.5 Å². The molecule has 0 fully saturated rings. The van der Waals surface area contributed by atoms with Crippen molar-refractivity contribution in [2.75, 3.05) is 7.11 Å². The molecule has 1 N–H and O–H groups in total. The number of aromatic nitrogens is 3. The maximum atomic E-state index is 12.7. The molecule has 0 saturated heterocycles. The minimum atomic E-state index is -0.119. The summed E-state index contributed by atoms with van der Waals surface area (Å²) < 4.78 is 6.86. The molecule has 0 aliphatic rings. The number of amides is 1. The molecule has 29 heavy (non-hydrogen) atoms. The fourth-order valence-electron chi connectivity index (χ4n) is 3.43. The summed E-state index contributed by atoms with van der Waals surface area (Å²) in [6.45, 7) is 4.03. The van der Waals surface area contributed by atoms with Crippen molar-refractivity contribution < 1.29 is 9.53 Å². The first-order valence-electron chi connectivity index (χ1n) is 9.36. The number of hydrogen-bond donors (Lipinski definition) is 1. The van der Waals surface area contributed by atoms with Crippen LogP contribution in [0.1, 0.15) is 24.2 Å². The van der Waals surface area contributed by atoms with Crippen LogP contribution in [0.3, 0.4) is 0 Å². The second-order valence-electron chi connectivity index (χ2n) is 6.84. The van der Waals surface area contributed by atoms with Crippen LogP contribution in [0.5, 0.6) is 5.75 Å². The molecule has 1 unspecified atom stereocenters. The summed E-state index contributed by atoms with van der Waals surface area (Å²) in [6.07, 6.45) is 1.77. The van der Waals surface area contributed by atoms with Crippen LogP contribution in [-0.2, 0) is 11.3 Å². The van der Waals surface area contributed by atoms with Crippen molar-refractivity contribution in [3.8, 4) is 16.2 Å². The fraction of sp³-hybridized carbons (Fsp3) is 0.227. The summed E-state index contributed by atoms with van der Waals surface area (Å²) in [7, 11) is 1.63. The van der Waals surface area contributed by atoms with E-state index in [1.165, 1.54) is 0 Å². The number of methoxy groups -OCH3 is 1. The summed E-state index contributed by atoms with van der Waals surface area (Å²) in [5.41, 5.74) is 3.70. The van der Waals surface area contributed by atoms with Crippen LogP contribution in [-0.4, -0.2) is 27.8 Å². The third-order valence-corrected chi connectivity index (χ3v) is 5.78. The number of thiophene rings is 1. The Morgan fingerprint density at radius 1 is 1.24 bits per heavy atom. The van der Waals surface area contributed by atoms with Crippen molar-refractivity contribution in [2.45, 2.75) is 26.4 Å².